The lowest BCUT2D eigenvalue weighted by molar-refractivity contribution is -0.142. The molecule has 2 saturated carbocycles. The van der Waals surface area contributed by atoms with Crippen LogP contribution in [0.4, 0.5) is 0 Å². The van der Waals surface area contributed by atoms with E-state index in [1.165, 1.54) is 0 Å². The van der Waals surface area contributed by atoms with Gasteiger partial charge in [-0.2, -0.15) is 0 Å². The molecule has 2 aliphatic carbocycles. The fraction of sp³-hybridized carbons (Fsp3) is 0.846. The van der Waals surface area contributed by atoms with E-state index >= 15 is 0 Å². The third-order valence-electron chi connectivity index (χ3n) is 4.22. The van der Waals surface area contributed by atoms with Crippen molar-refractivity contribution < 1.29 is 25.0 Å². The van der Waals surface area contributed by atoms with Crippen molar-refractivity contribution in [2.24, 2.45) is 22.9 Å². The van der Waals surface area contributed by atoms with Gasteiger partial charge in [-0.3, -0.25) is 0 Å². The van der Waals surface area contributed by atoms with Gasteiger partial charge in [-0.1, -0.05) is 5.16 Å². The summed E-state index contributed by atoms with van der Waals surface area (Å²) in [7, 11) is 0. The van der Waals surface area contributed by atoms with Crippen LogP contribution < -0.4 is 0 Å². The van der Waals surface area contributed by atoms with E-state index in [-0.39, 0.29) is 24.0 Å². The van der Waals surface area contributed by atoms with Crippen molar-refractivity contribution in [1.82, 2.24) is 0 Å². The molecule has 0 aliphatic heterocycles. The highest BCUT2D eigenvalue weighted by atomic mass is 16.6. The Morgan fingerprint density at radius 3 is 2.95 bits per heavy atom. The first kappa shape index (κ1) is 14.3. The predicted molar refractivity (Wildman–Crippen MR) is 67.6 cm³/mol. The highest BCUT2D eigenvalue weighted by molar-refractivity contribution is 5.93. The van der Waals surface area contributed by atoms with Crippen LogP contribution >= 0.6 is 0 Å². The van der Waals surface area contributed by atoms with Crippen molar-refractivity contribution >= 4 is 11.7 Å². The molecule has 6 heteroatoms. The normalized spacial score (nSPS) is 36.7. The summed E-state index contributed by atoms with van der Waals surface area (Å²) in [6.07, 6.45) is 2.28. The molecular weight excluding hydrogens is 250 g/mol. The van der Waals surface area contributed by atoms with Gasteiger partial charge in [0.1, 0.15) is 0 Å². The van der Waals surface area contributed by atoms with E-state index < -0.39 is 12.6 Å². The van der Waals surface area contributed by atoms with E-state index in [1.807, 2.05) is 0 Å². The summed E-state index contributed by atoms with van der Waals surface area (Å²) in [6, 6.07) is 0. The Hall–Kier alpha value is -1.14. The van der Waals surface area contributed by atoms with Crippen molar-refractivity contribution in [2.75, 3.05) is 6.61 Å². The van der Waals surface area contributed by atoms with Crippen molar-refractivity contribution in [3.63, 3.8) is 0 Å². The van der Waals surface area contributed by atoms with Crippen LogP contribution in [0.3, 0.4) is 0 Å². The zero-order chi connectivity index (χ0) is 14.0. The van der Waals surface area contributed by atoms with Crippen LogP contribution in [0.2, 0.25) is 0 Å². The summed E-state index contributed by atoms with van der Waals surface area (Å²) >= 11 is 0. The van der Waals surface area contributed by atoms with E-state index in [0.29, 0.717) is 18.8 Å². The molecule has 0 saturated heterocycles. The summed E-state index contributed by atoms with van der Waals surface area (Å²) < 4.78 is 0. The SMILES string of the molecule is CC(O)CCC1C(O)CC2/C(=N\OCC(=O)O)CC21. The first-order chi connectivity index (χ1) is 8.99. The van der Waals surface area contributed by atoms with Gasteiger partial charge in [0.05, 0.1) is 17.9 Å². The number of aliphatic hydroxyl groups is 2. The molecule has 0 heterocycles. The number of nitrogens with zero attached hydrogens (tertiary/aromatic N) is 1. The molecule has 6 nitrogen and oxygen atoms in total. The van der Waals surface area contributed by atoms with Gasteiger partial charge in [0, 0.05) is 5.92 Å². The topological polar surface area (TPSA) is 99.4 Å². The number of aliphatic hydroxyl groups excluding tert-OH is 2. The van der Waals surface area contributed by atoms with Crippen molar-refractivity contribution in [3.05, 3.63) is 0 Å². The van der Waals surface area contributed by atoms with Crippen molar-refractivity contribution in [3.8, 4) is 0 Å². The Labute approximate surface area is 112 Å². The summed E-state index contributed by atoms with van der Waals surface area (Å²) in [5, 5.41) is 31.7. The largest absolute Gasteiger partial charge is 0.479 e. The molecule has 0 bridgehead atoms. The fourth-order valence-electron chi connectivity index (χ4n) is 3.22. The average Bonchev–Trinajstić information content (AvgIpc) is 2.55. The Bertz CT molecular complexity index is 368. The molecule has 2 aliphatic rings. The van der Waals surface area contributed by atoms with Gasteiger partial charge in [0.2, 0.25) is 6.61 Å². The molecule has 0 amide bonds. The summed E-state index contributed by atoms with van der Waals surface area (Å²) in [6.45, 7) is 1.33. The van der Waals surface area contributed by atoms with Crippen LogP contribution in [0.25, 0.3) is 0 Å². The third-order valence-corrected chi connectivity index (χ3v) is 4.22. The number of hydrogen-bond acceptors (Lipinski definition) is 5. The number of carboxylic acid groups (broad SMARTS) is 1. The van der Waals surface area contributed by atoms with E-state index in [1.54, 1.807) is 6.92 Å². The smallest absolute Gasteiger partial charge is 0.344 e. The molecule has 19 heavy (non-hydrogen) atoms. The maximum atomic E-state index is 10.3. The van der Waals surface area contributed by atoms with Crippen molar-refractivity contribution in [1.29, 1.82) is 0 Å². The molecule has 5 unspecified atom stereocenters. The Morgan fingerprint density at radius 2 is 2.32 bits per heavy atom. The molecule has 0 aromatic heterocycles. The molecule has 0 spiro atoms. The molecule has 0 aromatic rings. The van der Waals surface area contributed by atoms with Gasteiger partial charge in [-0.05, 0) is 44.4 Å². The first-order valence-corrected chi connectivity index (χ1v) is 6.75. The van der Waals surface area contributed by atoms with Gasteiger partial charge < -0.3 is 20.2 Å². The minimum Gasteiger partial charge on any atom is -0.479 e. The predicted octanol–water partition coefficient (Wildman–Crippen LogP) is 0.621. The second kappa shape index (κ2) is 5.88. The van der Waals surface area contributed by atoms with Gasteiger partial charge in [0.25, 0.3) is 0 Å². The molecular formula is C13H21NO5. The lowest BCUT2D eigenvalue weighted by Gasteiger charge is -2.35. The van der Waals surface area contributed by atoms with Gasteiger partial charge >= 0.3 is 5.97 Å². The third kappa shape index (κ3) is 3.25. The fourth-order valence-corrected chi connectivity index (χ4v) is 3.22. The number of carbonyl (C=O) groups is 1. The standard InChI is InChI=1S/C13H21NO5/c1-7(15)2-3-8-9-4-11(10(9)5-12(8)16)14-19-6-13(17)18/h7-10,12,15-16H,2-6H2,1H3,(H,17,18)/b14-11-. The lowest BCUT2D eigenvalue weighted by atomic mass is 9.70. The molecule has 5 atom stereocenters. The highest BCUT2D eigenvalue weighted by Gasteiger charge is 2.51. The van der Waals surface area contributed by atoms with Gasteiger partial charge in [0.15, 0.2) is 0 Å². The molecule has 0 radical (unpaired) electrons. The summed E-state index contributed by atoms with van der Waals surface area (Å²) in [4.78, 5) is 15.1. The second-order valence-corrected chi connectivity index (χ2v) is 5.62. The van der Waals surface area contributed by atoms with Crippen molar-refractivity contribution in [2.45, 2.75) is 44.8 Å². The van der Waals surface area contributed by atoms with E-state index in [9.17, 15) is 15.0 Å². The number of carboxylic acids is 1. The molecule has 0 aromatic carbocycles. The van der Waals surface area contributed by atoms with Crippen LogP contribution in [-0.4, -0.2) is 45.8 Å². The van der Waals surface area contributed by atoms with Crippen LogP contribution in [0.5, 0.6) is 0 Å². The Kier molecular flexibility index (Phi) is 4.42. The first-order valence-electron chi connectivity index (χ1n) is 6.75. The summed E-state index contributed by atoms with van der Waals surface area (Å²) in [5.41, 5.74) is 0.866. The number of fused-ring (bicyclic) bond motifs is 1. The summed E-state index contributed by atoms with van der Waals surface area (Å²) in [5.74, 6) is -0.191. The van der Waals surface area contributed by atoms with E-state index in [4.69, 9.17) is 9.94 Å². The molecule has 2 fully saturated rings. The van der Waals surface area contributed by atoms with Crippen LogP contribution in [-0.2, 0) is 9.63 Å². The molecule has 108 valence electrons. The number of hydrogen-bond donors (Lipinski definition) is 3. The highest BCUT2D eigenvalue weighted by Crippen LogP contribution is 2.50. The Morgan fingerprint density at radius 1 is 1.58 bits per heavy atom. The Balaban J connectivity index is 1.84. The number of rotatable bonds is 6. The van der Waals surface area contributed by atoms with E-state index in [0.717, 1.165) is 18.6 Å². The maximum Gasteiger partial charge on any atom is 0.344 e. The van der Waals surface area contributed by atoms with E-state index in [2.05, 4.69) is 5.16 Å². The zero-order valence-corrected chi connectivity index (χ0v) is 11.0. The minimum absolute atomic E-state index is 0.220. The van der Waals surface area contributed by atoms with Crippen LogP contribution in [0, 0.1) is 17.8 Å². The van der Waals surface area contributed by atoms with Gasteiger partial charge in [-0.25, -0.2) is 4.79 Å². The number of aliphatic carboxylic acids is 1. The number of oxime groups is 1. The van der Waals surface area contributed by atoms with Crippen LogP contribution in [0.1, 0.15) is 32.6 Å². The minimum atomic E-state index is -1.04. The quantitative estimate of drug-likeness (QED) is 0.615. The van der Waals surface area contributed by atoms with Crippen LogP contribution in [0.15, 0.2) is 5.16 Å². The van der Waals surface area contributed by atoms with Gasteiger partial charge in [-0.15, -0.1) is 0 Å². The molecule has 3 N–H and O–H groups in total. The molecule has 2 rings (SSSR count). The average molecular weight is 271 g/mol. The second-order valence-electron chi connectivity index (χ2n) is 5.62. The zero-order valence-electron chi connectivity index (χ0n) is 11.0. The maximum absolute atomic E-state index is 10.3. The lowest BCUT2D eigenvalue weighted by Crippen LogP contribution is -2.37. The monoisotopic (exact) mass is 271 g/mol.